The van der Waals surface area contributed by atoms with E-state index in [2.05, 4.69) is 13.2 Å². The van der Waals surface area contributed by atoms with Crippen LogP contribution in [0.15, 0.2) is 23.2 Å². The van der Waals surface area contributed by atoms with E-state index in [0.29, 0.717) is 0 Å². The lowest BCUT2D eigenvalue weighted by atomic mass is 10.7. The van der Waals surface area contributed by atoms with Crippen molar-refractivity contribution in [2.24, 2.45) is 0 Å². The van der Waals surface area contributed by atoms with Crippen LogP contribution in [-0.2, 0) is 9.84 Å². The predicted molar refractivity (Wildman–Crippen MR) is 48.6 cm³/mol. The maximum atomic E-state index is 11.0. The fourth-order valence-corrected chi connectivity index (χ4v) is 2.58. The smallest absolute Gasteiger partial charge is 0.160 e. The van der Waals surface area contributed by atoms with Crippen molar-refractivity contribution in [2.45, 2.75) is 0 Å². The third-order valence-corrected chi connectivity index (χ3v) is 2.91. The molecule has 64 valence electrons. The van der Waals surface area contributed by atoms with Crippen LogP contribution in [0.25, 0.3) is 0 Å². The summed E-state index contributed by atoms with van der Waals surface area (Å²) in [4.78, 5) is 0. The Morgan fingerprint density at radius 2 is 1.36 bits per heavy atom. The van der Waals surface area contributed by atoms with E-state index in [1.54, 1.807) is 0 Å². The largest absolute Gasteiger partial charge is 0.228 e. The van der Waals surface area contributed by atoms with Crippen molar-refractivity contribution in [3.63, 3.8) is 0 Å². The third-order valence-electron chi connectivity index (χ3n) is 0.753. The molecule has 0 atom stereocenters. The molecule has 0 unspecified atom stereocenters. The zero-order valence-electron chi connectivity index (χ0n) is 5.81. The lowest BCUT2D eigenvalue weighted by Crippen LogP contribution is -2.10. The molecule has 0 aliphatic rings. The first-order chi connectivity index (χ1) is 4.83. The Morgan fingerprint density at radius 1 is 1.09 bits per heavy atom. The van der Waals surface area contributed by atoms with Gasteiger partial charge in [-0.15, -0.1) is 0 Å². The molecule has 0 aromatic heterocycles. The summed E-state index contributed by atoms with van der Waals surface area (Å²) in [5, 5.41) is 0.172. The molecule has 0 aliphatic carbocycles. The molecule has 0 heterocycles. The van der Waals surface area contributed by atoms with Crippen molar-refractivity contribution >= 4 is 33.0 Å². The van der Waals surface area contributed by atoms with E-state index >= 15 is 0 Å². The van der Waals surface area contributed by atoms with Gasteiger partial charge in [0.25, 0.3) is 0 Å². The highest BCUT2D eigenvalue weighted by Crippen LogP contribution is 2.08. The molecule has 2 nitrogen and oxygen atoms in total. The van der Waals surface area contributed by atoms with Gasteiger partial charge in [0.05, 0.1) is 11.5 Å². The van der Waals surface area contributed by atoms with Crippen LogP contribution in [0.3, 0.4) is 0 Å². The summed E-state index contributed by atoms with van der Waals surface area (Å²) in [6.45, 7) is 6.52. The Kier molecular flexibility index (Phi) is 4.14. The summed E-state index contributed by atoms with van der Waals surface area (Å²) in [6, 6.07) is 0. The van der Waals surface area contributed by atoms with Crippen molar-refractivity contribution in [3.05, 3.63) is 23.2 Å². The summed E-state index contributed by atoms with van der Waals surface area (Å²) in [5.74, 6) is -0.499. The van der Waals surface area contributed by atoms with Gasteiger partial charge in [-0.05, 0) is 0 Å². The van der Waals surface area contributed by atoms with Gasteiger partial charge in [-0.1, -0.05) is 36.4 Å². The minimum Gasteiger partial charge on any atom is -0.228 e. The van der Waals surface area contributed by atoms with E-state index in [-0.39, 0.29) is 21.6 Å². The molecule has 0 saturated carbocycles. The second kappa shape index (κ2) is 4.14. The van der Waals surface area contributed by atoms with E-state index in [1.165, 1.54) is 0 Å². The van der Waals surface area contributed by atoms with Crippen LogP contribution >= 0.6 is 23.2 Å². The first kappa shape index (κ1) is 11.0. The van der Waals surface area contributed by atoms with Crippen LogP contribution in [-0.4, -0.2) is 19.9 Å². The molecule has 0 amide bonds. The SMILES string of the molecule is C=C(Cl)CS(=O)(=O)CC(=C)Cl. The molecule has 0 aromatic carbocycles. The molecule has 0 aliphatic heterocycles. The van der Waals surface area contributed by atoms with Crippen LogP contribution in [0, 0.1) is 0 Å². The van der Waals surface area contributed by atoms with Gasteiger partial charge in [0.2, 0.25) is 0 Å². The van der Waals surface area contributed by atoms with E-state index < -0.39 is 9.84 Å². The molecule has 0 fully saturated rings. The molecule has 0 aromatic rings. The van der Waals surface area contributed by atoms with Gasteiger partial charge in [0, 0.05) is 10.1 Å². The Balaban J connectivity index is 4.25. The summed E-state index contributed by atoms with van der Waals surface area (Å²) >= 11 is 10.6. The van der Waals surface area contributed by atoms with Gasteiger partial charge < -0.3 is 0 Å². The van der Waals surface area contributed by atoms with Crippen LogP contribution in [0.2, 0.25) is 0 Å². The van der Waals surface area contributed by atoms with Crippen LogP contribution in [0.5, 0.6) is 0 Å². The van der Waals surface area contributed by atoms with Gasteiger partial charge in [-0.2, -0.15) is 0 Å². The maximum absolute atomic E-state index is 11.0. The van der Waals surface area contributed by atoms with Crippen molar-refractivity contribution in [2.75, 3.05) is 11.5 Å². The predicted octanol–water partition coefficient (Wildman–Crippen LogP) is 1.91. The first-order valence-corrected chi connectivity index (χ1v) is 5.28. The average molecular weight is 215 g/mol. The van der Waals surface area contributed by atoms with Crippen molar-refractivity contribution in [1.82, 2.24) is 0 Å². The highest BCUT2D eigenvalue weighted by molar-refractivity contribution is 7.91. The highest BCUT2D eigenvalue weighted by atomic mass is 35.5. The Labute approximate surface area is 76.4 Å². The van der Waals surface area contributed by atoms with Gasteiger partial charge in [-0.25, -0.2) is 8.42 Å². The van der Waals surface area contributed by atoms with Gasteiger partial charge in [0.1, 0.15) is 0 Å². The van der Waals surface area contributed by atoms with Gasteiger partial charge >= 0.3 is 0 Å². The zero-order chi connectivity index (χ0) is 9.07. The normalized spacial score (nSPS) is 11.1. The van der Waals surface area contributed by atoms with Crippen molar-refractivity contribution in [1.29, 1.82) is 0 Å². The molecule has 0 spiro atoms. The molecule has 0 N–H and O–H groups in total. The molecule has 0 saturated heterocycles. The molecular weight excluding hydrogens is 207 g/mol. The van der Waals surface area contributed by atoms with E-state index in [4.69, 9.17) is 23.2 Å². The number of sulfone groups is 1. The van der Waals surface area contributed by atoms with E-state index in [9.17, 15) is 8.42 Å². The van der Waals surface area contributed by atoms with Gasteiger partial charge in [0.15, 0.2) is 9.84 Å². The quantitative estimate of drug-likeness (QED) is 0.717. The monoisotopic (exact) mass is 214 g/mol. The lowest BCUT2D eigenvalue weighted by Gasteiger charge is -1.99. The summed E-state index contributed by atoms with van der Waals surface area (Å²) in [6.07, 6.45) is 0. The highest BCUT2D eigenvalue weighted by Gasteiger charge is 2.12. The lowest BCUT2D eigenvalue weighted by molar-refractivity contribution is 0.601. The third kappa shape index (κ3) is 6.41. The zero-order valence-corrected chi connectivity index (χ0v) is 8.14. The van der Waals surface area contributed by atoms with Crippen LogP contribution in [0.1, 0.15) is 0 Å². The Bertz CT molecular complexity index is 244. The Hall–Kier alpha value is 0.01000. The first-order valence-electron chi connectivity index (χ1n) is 2.70. The fraction of sp³-hybridized carbons (Fsp3) is 0.333. The molecule has 5 heteroatoms. The Morgan fingerprint density at radius 3 is 1.55 bits per heavy atom. The summed E-state index contributed by atoms with van der Waals surface area (Å²) in [7, 11) is -3.24. The van der Waals surface area contributed by atoms with Gasteiger partial charge in [-0.3, -0.25) is 0 Å². The minimum absolute atomic E-state index is 0.0860. The summed E-state index contributed by atoms with van der Waals surface area (Å²) in [5.41, 5.74) is 0. The van der Waals surface area contributed by atoms with E-state index in [1.807, 2.05) is 0 Å². The molecule has 0 bridgehead atoms. The molecular formula is C6H8Cl2O2S. The van der Waals surface area contributed by atoms with E-state index in [0.717, 1.165) is 0 Å². The average Bonchev–Trinajstić information content (AvgIpc) is 1.53. The second-order valence-electron chi connectivity index (χ2n) is 2.07. The minimum atomic E-state index is -3.24. The second-order valence-corrected chi connectivity index (χ2v) is 5.20. The molecule has 0 radical (unpaired) electrons. The van der Waals surface area contributed by atoms with Crippen molar-refractivity contribution in [3.8, 4) is 0 Å². The standard InChI is InChI=1S/C6H8Cl2O2S/c1-5(7)3-11(9,10)4-6(2)8/h1-4H2. The topological polar surface area (TPSA) is 34.1 Å². The number of rotatable bonds is 4. The van der Waals surface area contributed by atoms with Crippen molar-refractivity contribution < 1.29 is 8.42 Å². The maximum Gasteiger partial charge on any atom is 0.160 e. The van der Waals surface area contributed by atoms with Crippen LogP contribution in [0.4, 0.5) is 0 Å². The fourth-order valence-electron chi connectivity index (χ4n) is 0.528. The van der Waals surface area contributed by atoms with Crippen LogP contribution < -0.4 is 0 Å². The number of hydrogen-bond acceptors (Lipinski definition) is 2. The summed E-state index contributed by atoms with van der Waals surface area (Å²) < 4.78 is 21.9. The number of hydrogen-bond donors (Lipinski definition) is 0. The number of halogens is 2. The molecule has 11 heavy (non-hydrogen) atoms. The molecule has 0 rings (SSSR count).